The smallest absolute Gasteiger partial charge is 0.262 e. The number of hydrogen-bond donors (Lipinski definition) is 1. The van der Waals surface area contributed by atoms with Gasteiger partial charge in [0, 0.05) is 5.56 Å². The summed E-state index contributed by atoms with van der Waals surface area (Å²) in [7, 11) is 0. The summed E-state index contributed by atoms with van der Waals surface area (Å²) < 4.78 is 10.8. The average molecular weight is 368 g/mol. The monoisotopic (exact) mass is 367 g/mol. The van der Waals surface area contributed by atoms with Crippen LogP contribution in [-0.2, 0) is 4.79 Å². The summed E-state index contributed by atoms with van der Waals surface area (Å²) in [4.78, 5) is 22.8. The second-order valence-corrected chi connectivity index (χ2v) is 5.51. The van der Waals surface area contributed by atoms with E-state index in [9.17, 15) is 9.59 Å². The maximum absolute atomic E-state index is 12.1. The van der Waals surface area contributed by atoms with Crippen LogP contribution in [0.5, 0.6) is 11.5 Å². The second kappa shape index (κ2) is 8.57. The number of ether oxygens (including phenoxy) is 2. The van der Waals surface area contributed by atoms with E-state index in [1.165, 1.54) is 12.1 Å². The average Bonchev–Trinajstić information content (AvgIpc) is 2.56. The third-order valence-electron chi connectivity index (χ3n) is 2.97. The summed E-state index contributed by atoms with van der Waals surface area (Å²) in [5.41, 5.74) is 0.869. The van der Waals surface area contributed by atoms with E-state index in [2.05, 4.69) is 5.32 Å². The van der Waals surface area contributed by atoms with E-state index in [1.807, 2.05) is 13.0 Å². The van der Waals surface area contributed by atoms with Gasteiger partial charge in [-0.2, -0.15) is 0 Å². The lowest BCUT2D eigenvalue weighted by molar-refractivity contribution is -0.118. The topological polar surface area (TPSA) is 64.6 Å². The molecular formula is C17H15Cl2NO4. The van der Waals surface area contributed by atoms with E-state index >= 15 is 0 Å². The highest BCUT2D eigenvalue weighted by atomic mass is 35.5. The third kappa shape index (κ3) is 4.63. The highest BCUT2D eigenvalue weighted by molar-refractivity contribution is 6.37. The number of rotatable bonds is 7. The summed E-state index contributed by atoms with van der Waals surface area (Å²) in [5, 5.41) is 3.01. The van der Waals surface area contributed by atoms with Crippen molar-refractivity contribution in [3.8, 4) is 11.5 Å². The Bertz CT molecular complexity index is 726. The Kier molecular flexibility index (Phi) is 6.46. The van der Waals surface area contributed by atoms with Crippen LogP contribution in [0.25, 0.3) is 0 Å². The molecule has 0 atom stereocenters. The Balaban J connectivity index is 2.03. The minimum Gasteiger partial charge on any atom is -0.492 e. The van der Waals surface area contributed by atoms with E-state index in [4.69, 9.17) is 32.7 Å². The Labute approximate surface area is 149 Å². The van der Waals surface area contributed by atoms with Gasteiger partial charge < -0.3 is 14.8 Å². The number of carbonyl (C=O) groups is 2. The Morgan fingerprint density at radius 1 is 1.17 bits per heavy atom. The third-order valence-corrected chi connectivity index (χ3v) is 3.53. The number of benzene rings is 2. The molecule has 0 spiro atoms. The first kappa shape index (κ1) is 18.1. The molecule has 1 N–H and O–H groups in total. The molecule has 7 heteroatoms. The number of aldehydes is 1. The highest BCUT2D eigenvalue weighted by Gasteiger charge is 2.13. The van der Waals surface area contributed by atoms with E-state index in [-0.39, 0.29) is 22.4 Å². The molecule has 5 nitrogen and oxygen atoms in total. The van der Waals surface area contributed by atoms with Gasteiger partial charge in [-0.15, -0.1) is 0 Å². The van der Waals surface area contributed by atoms with Crippen molar-refractivity contribution in [3.05, 3.63) is 52.0 Å². The Hall–Kier alpha value is -2.24. The molecule has 0 aromatic heterocycles. The molecule has 0 unspecified atom stereocenters. The van der Waals surface area contributed by atoms with Gasteiger partial charge in [-0.1, -0.05) is 35.3 Å². The fourth-order valence-electron chi connectivity index (χ4n) is 1.96. The van der Waals surface area contributed by atoms with Gasteiger partial charge in [-0.05, 0) is 31.2 Å². The minimum atomic E-state index is -0.395. The number of nitrogens with one attached hydrogen (secondary N) is 1. The lowest BCUT2D eigenvalue weighted by atomic mass is 10.2. The second-order valence-electron chi connectivity index (χ2n) is 4.70. The van der Waals surface area contributed by atoms with Crippen molar-refractivity contribution in [2.45, 2.75) is 6.92 Å². The summed E-state index contributed by atoms with van der Waals surface area (Å²) >= 11 is 12.0. The lowest BCUT2D eigenvalue weighted by Crippen LogP contribution is -2.20. The molecule has 0 aliphatic heterocycles. The summed E-state index contributed by atoms with van der Waals surface area (Å²) in [6.07, 6.45) is 0.624. The van der Waals surface area contributed by atoms with Crippen molar-refractivity contribution in [3.63, 3.8) is 0 Å². The van der Waals surface area contributed by atoms with Crippen molar-refractivity contribution >= 4 is 41.1 Å². The molecule has 2 aromatic rings. The summed E-state index contributed by atoms with van der Waals surface area (Å²) in [6.45, 7) is 2.05. The van der Waals surface area contributed by atoms with Crippen LogP contribution >= 0.6 is 23.2 Å². The Morgan fingerprint density at radius 3 is 2.46 bits per heavy atom. The van der Waals surface area contributed by atoms with Crippen molar-refractivity contribution in [2.75, 3.05) is 18.5 Å². The van der Waals surface area contributed by atoms with Crippen LogP contribution < -0.4 is 14.8 Å². The van der Waals surface area contributed by atoms with Crippen LogP contribution in [0.4, 0.5) is 5.69 Å². The fraction of sp³-hybridized carbons (Fsp3) is 0.176. The van der Waals surface area contributed by atoms with Crippen molar-refractivity contribution in [2.24, 2.45) is 0 Å². The summed E-state index contributed by atoms with van der Waals surface area (Å²) in [5.74, 6) is 0.325. The van der Waals surface area contributed by atoms with Crippen LogP contribution in [0.2, 0.25) is 10.0 Å². The van der Waals surface area contributed by atoms with E-state index in [0.717, 1.165) is 0 Å². The Morgan fingerprint density at radius 2 is 1.83 bits per heavy atom. The maximum atomic E-state index is 12.1. The van der Waals surface area contributed by atoms with Crippen LogP contribution in [0.3, 0.4) is 0 Å². The first-order chi connectivity index (χ1) is 11.5. The zero-order chi connectivity index (χ0) is 17.5. The van der Waals surface area contributed by atoms with Crippen molar-refractivity contribution < 1.29 is 19.1 Å². The van der Waals surface area contributed by atoms with E-state index in [0.29, 0.717) is 29.9 Å². The first-order valence-electron chi connectivity index (χ1n) is 7.13. The predicted octanol–water partition coefficient (Wildman–Crippen LogP) is 4.22. The number of hydrogen-bond acceptors (Lipinski definition) is 4. The standard InChI is InChI=1S/C17H15Cl2NO4/c1-2-23-15-6-4-3-5-14(15)20-16(22)10-24-17-12(18)7-11(9-21)8-13(17)19/h3-9H,2,10H2,1H3,(H,20,22). The largest absolute Gasteiger partial charge is 0.492 e. The number of amides is 1. The molecule has 2 aromatic carbocycles. The van der Waals surface area contributed by atoms with Gasteiger partial charge in [-0.25, -0.2) is 0 Å². The number of anilines is 1. The van der Waals surface area contributed by atoms with E-state index in [1.54, 1.807) is 18.2 Å². The van der Waals surface area contributed by atoms with Gasteiger partial charge in [0.1, 0.15) is 12.0 Å². The minimum absolute atomic E-state index is 0.150. The van der Waals surface area contributed by atoms with Crippen LogP contribution in [0, 0.1) is 0 Å². The molecule has 126 valence electrons. The van der Waals surface area contributed by atoms with Crippen molar-refractivity contribution in [1.82, 2.24) is 0 Å². The molecule has 0 heterocycles. The van der Waals surface area contributed by atoms with Gasteiger partial charge in [-0.3, -0.25) is 9.59 Å². The van der Waals surface area contributed by atoms with Gasteiger partial charge >= 0.3 is 0 Å². The molecule has 2 rings (SSSR count). The number of para-hydroxylation sites is 2. The van der Waals surface area contributed by atoms with Gasteiger partial charge in [0.2, 0.25) is 0 Å². The zero-order valence-electron chi connectivity index (χ0n) is 12.8. The lowest BCUT2D eigenvalue weighted by Gasteiger charge is -2.13. The van der Waals surface area contributed by atoms with E-state index < -0.39 is 5.91 Å². The SMILES string of the molecule is CCOc1ccccc1NC(=O)COc1c(Cl)cc(C=O)cc1Cl. The molecule has 0 aliphatic rings. The predicted molar refractivity (Wildman–Crippen MR) is 93.6 cm³/mol. The molecule has 0 saturated heterocycles. The number of halogens is 2. The van der Waals surface area contributed by atoms with Gasteiger partial charge in [0.05, 0.1) is 22.3 Å². The molecule has 0 radical (unpaired) electrons. The summed E-state index contributed by atoms with van der Waals surface area (Å²) in [6, 6.07) is 9.90. The van der Waals surface area contributed by atoms with Crippen LogP contribution in [0.15, 0.2) is 36.4 Å². The van der Waals surface area contributed by atoms with Gasteiger partial charge in [0.25, 0.3) is 5.91 Å². The maximum Gasteiger partial charge on any atom is 0.262 e. The molecule has 0 fully saturated rings. The molecule has 24 heavy (non-hydrogen) atoms. The number of carbonyl (C=O) groups excluding carboxylic acids is 2. The van der Waals surface area contributed by atoms with Gasteiger partial charge in [0.15, 0.2) is 12.4 Å². The molecule has 0 aliphatic carbocycles. The van der Waals surface area contributed by atoms with Crippen LogP contribution in [-0.4, -0.2) is 25.4 Å². The zero-order valence-corrected chi connectivity index (χ0v) is 14.4. The molecule has 1 amide bonds. The highest BCUT2D eigenvalue weighted by Crippen LogP contribution is 2.34. The normalized spacial score (nSPS) is 10.1. The first-order valence-corrected chi connectivity index (χ1v) is 7.89. The van der Waals surface area contributed by atoms with Crippen LogP contribution in [0.1, 0.15) is 17.3 Å². The quantitative estimate of drug-likeness (QED) is 0.744. The molecule has 0 saturated carbocycles. The fourth-order valence-corrected chi connectivity index (χ4v) is 2.57. The molecule has 0 bridgehead atoms. The molecular weight excluding hydrogens is 353 g/mol. The van der Waals surface area contributed by atoms with Crippen molar-refractivity contribution in [1.29, 1.82) is 0 Å².